The van der Waals surface area contributed by atoms with Gasteiger partial charge in [0.15, 0.2) is 0 Å². The lowest BCUT2D eigenvalue weighted by Gasteiger charge is -2.27. The Bertz CT molecular complexity index is 704. The molecule has 0 aromatic heterocycles. The summed E-state index contributed by atoms with van der Waals surface area (Å²) in [5.41, 5.74) is -1.11. The molecule has 1 aliphatic heterocycles. The van der Waals surface area contributed by atoms with Gasteiger partial charge in [0.05, 0.1) is 6.54 Å². The van der Waals surface area contributed by atoms with Gasteiger partial charge in [-0.05, 0) is 55.7 Å². The number of carbonyl (C=O) groups excluding carboxylic acids is 2. The standard InChI is InChI=1S/C17H18F2N2O3/c18-11-5-6-13(19)12(7-11)14(22)8-21-15(23)17(9-1-2-9,10-3-4-10)20-16(21)24/h5-7,9-10,14,22H,1-4,8H2,(H,20,24). The third kappa shape index (κ3) is 2.30. The van der Waals surface area contributed by atoms with Gasteiger partial charge in [0.1, 0.15) is 23.3 Å². The van der Waals surface area contributed by atoms with Gasteiger partial charge in [0, 0.05) is 5.56 Å². The average Bonchev–Trinajstić information content (AvgIpc) is 3.44. The van der Waals surface area contributed by atoms with Crippen LogP contribution in [0, 0.1) is 23.5 Å². The van der Waals surface area contributed by atoms with E-state index in [1.165, 1.54) is 0 Å². The van der Waals surface area contributed by atoms with E-state index in [0.717, 1.165) is 48.8 Å². The molecule has 7 heteroatoms. The molecule has 1 atom stereocenters. The monoisotopic (exact) mass is 336 g/mol. The SMILES string of the molecule is O=C1NC(C2CC2)(C2CC2)C(=O)N1CC(O)c1cc(F)ccc1F. The van der Waals surface area contributed by atoms with Crippen LogP contribution in [0.2, 0.25) is 0 Å². The molecular weight excluding hydrogens is 318 g/mol. The first-order chi connectivity index (χ1) is 11.4. The minimum Gasteiger partial charge on any atom is -0.386 e. The third-order valence-corrected chi connectivity index (χ3v) is 5.27. The molecular formula is C17H18F2N2O3. The lowest BCUT2D eigenvalue weighted by atomic mass is 9.87. The number of nitrogens with zero attached hydrogens (tertiary/aromatic N) is 1. The molecule has 3 aliphatic rings. The predicted octanol–water partition coefficient (Wildman–Crippen LogP) is 2.11. The van der Waals surface area contributed by atoms with Crippen LogP contribution in [0.5, 0.6) is 0 Å². The number of hydrogen-bond acceptors (Lipinski definition) is 3. The normalized spacial score (nSPS) is 24.2. The van der Waals surface area contributed by atoms with Crippen molar-refractivity contribution in [3.63, 3.8) is 0 Å². The first-order valence-electron chi connectivity index (χ1n) is 8.20. The van der Waals surface area contributed by atoms with E-state index in [2.05, 4.69) is 5.32 Å². The molecule has 1 aromatic carbocycles. The van der Waals surface area contributed by atoms with Crippen LogP contribution in [0.15, 0.2) is 18.2 Å². The summed E-state index contributed by atoms with van der Waals surface area (Å²) in [6, 6.07) is 2.19. The Morgan fingerprint density at radius 1 is 1.21 bits per heavy atom. The van der Waals surface area contributed by atoms with Gasteiger partial charge in [-0.25, -0.2) is 13.6 Å². The highest BCUT2D eigenvalue weighted by Crippen LogP contribution is 2.54. The lowest BCUT2D eigenvalue weighted by molar-refractivity contribution is -0.133. The molecule has 3 fully saturated rings. The Hall–Kier alpha value is -2.02. The first-order valence-corrected chi connectivity index (χ1v) is 8.20. The highest BCUT2D eigenvalue weighted by atomic mass is 19.1. The number of hydrogen-bond donors (Lipinski definition) is 2. The minimum atomic E-state index is -1.47. The van der Waals surface area contributed by atoms with E-state index in [0.29, 0.717) is 0 Å². The van der Waals surface area contributed by atoms with Gasteiger partial charge < -0.3 is 10.4 Å². The van der Waals surface area contributed by atoms with Crippen molar-refractivity contribution in [3.05, 3.63) is 35.4 Å². The van der Waals surface area contributed by atoms with Crippen molar-refractivity contribution in [2.75, 3.05) is 6.54 Å². The maximum Gasteiger partial charge on any atom is 0.325 e. The Morgan fingerprint density at radius 3 is 2.42 bits per heavy atom. The van der Waals surface area contributed by atoms with Crippen molar-refractivity contribution >= 4 is 11.9 Å². The Morgan fingerprint density at radius 2 is 1.83 bits per heavy atom. The second kappa shape index (κ2) is 5.24. The van der Waals surface area contributed by atoms with Crippen LogP contribution in [0.1, 0.15) is 37.4 Å². The van der Waals surface area contributed by atoms with Crippen LogP contribution in [0.4, 0.5) is 13.6 Å². The summed E-state index contributed by atoms with van der Waals surface area (Å²) >= 11 is 0. The highest BCUT2D eigenvalue weighted by molar-refractivity contribution is 6.08. The molecule has 1 aromatic rings. The molecule has 2 N–H and O–H groups in total. The summed E-state index contributed by atoms with van der Waals surface area (Å²) in [6.07, 6.45) is 2.13. The number of aliphatic hydroxyl groups is 1. The lowest BCUT2D eigenvalue weighted by Crippen LogP contribution is -2.51. The van der Waals surface area contributed by atoms with Crippen molar-refractivity contribution in [2.45, 2.75) is 37.3 Å². The molecule has 2 aliphatic carbocycles. The summed E-state index contributed by atoms with van der Waals surface area (Å²) in [4.78, 5) is 26.1. The minimum absolute atomic E-state index is 0.148. The number of aliphatic hydroxyl groups excluding tert-OH is 1. The summed E-state index contributed by atoms with van der Waals surface area (Å²) in [6.45, 7) is -0.383. The molecule has 0 bridgehead atoms. The number of amides is 3. The number of β-amino-alcohol motifs (C(OH)–C–C–N with tert-alkyl or cyclic N) is 1. The van der Waals surface area contributed by atoms with E-state index in [4.69, 9.17) is 0 Å². The van der Waals surface area contributed by atoms with Crippen LogP contribution in [0.3, 0.4) is 0 Å². The van der Waals surface area contributed by atoms with Gasteiger partial charge in [-0.2, -0.15) is 0 Å². The molecule has 0 spiro atoms. The summed E-state index contributed by atoms with van der Waals surface area (Å²) in [5.74, 6) is -1.50. The van der Waals surface area contributed by atoms with Gasteiger partial charge in [-0.1, -0.05) is 0 Å². The maximum atomic E-state index is 13.8. The van der Waals surface area contributed by atoms with Crippen LogP contribution in [-0.2, 0) is 4.79 Å². The predicted molar refractivity (Wildman–Crippen MR) is 79.7 cm³/mol. The second-order valence-corrected chi connectivity index (χ2v) is 6.95. The van der Waals surface area contributed by atoms with Crippen LogP contribution < -0.4 is 5.32 Å². The van der Waals surface area contributed by atoms with Crippen LogP contribution in [0.25, 0.3) is 0 Å². The molecule has 4 rings (SSSR count). The molecule has 5 nitrogen and oxygen atoms in total. The van der Waals surface area contributed by atoms with E-state index in [1.807, 2.05) is 0 Å². The zero-order valence-electron chi connectivity index (χ0n) is 13.0. The topological polar surface area (TPSA) is 69.6 Å². The number of carbonyl (C=O) groups is 2. The van der Waals surface area contributed by atoms with Gasteiger partial charge in [-0.3, -0.25) is 9.69 Å². The van der Waals surface area contributed by atoms with E-state index < -0.39 is 29.3 Å². The largest absolute Gasteiger partial charge is 0.386 e. The number of benzene rings is 1. The van der Waals surface area contributed by atoms with E-state index in [1.54, 1.807) is 0 Å². The summed E-state index contributed by atoms with van der Waals surface area (Å²) in [5, 5.41) is 13.1. The van der Waals surface area contributed by atoms with Crippen molar-refractivity contribution in [1.82, 2.24) is 10.2 Å². The van der Waals surface area contributed by atoms with Gasteiger partial charge >= 0.3 is 6.03 Å². The molecule has 1 heterocycles. The summed E-state index contributed by atoms with van der Waals surface area (Å²) < 4.78 is 27.1. The van der Waals surface area contributed by atoms with Gasteiger partial charge in [0.2, 0.25) is 0 Å². The molecule has 24 heavy (non-hydrogen) atoms. The van der Waals surface area contributed by atoms with Gasteiger partial charge in [-0.15, -0.1) is 0 Å². The van der Waals surface area contributed by atoms with E-state index in [9.17, 15) is 23.5 Å². The third-order valence-electron chi connectivity index (χ3n) is 5.27. The van der Waals surface area contributed by atoms with Crippen LogP contribution >= 0.6 is 0 Å². The Balaban J connectivity index is 1.57. The van der Waals surface area contributed by atoms with Crippen molar-refractivity contribution in [1.29, 1.82) is 0 Å². The van der Waals surface area contributed by atoms with E-state index >= 15 is 0 Å². The number of rotatable bonds is 5. The zero-order valence-corrected chi connectivity index (χ0v) is 13.0. The molecule has 3 amide bonds. The number of nitrogens with one attached hydrogen (secondary N) is 1. The van der Waals surface area contributed by atoms with Crippen molar-refractivity contribution < 1.29 is 23.5 Å². The van der Waals surface area contributed by atoms with Crippen LogP contribution in [-0.4, -0.2) is 34.0 Å². The fourth-order valence-electron chi connectivity index (χ4n) is 3.78. The number of urea groups is 1. The van der Waals surface area contributed by atoms with Crippen molar-refractivity contribution in [3.8, 4) is 0 Å². The second-order valence-electron chi connectivity index (χ2n) is 6.95. The zero-order chi connectivity index (χ0) is 17.1. The van der Waals surface area contributed by atoms with E-state index in [-0.39, 0.29) is 29.9 Å². The average molecular weight is 336 g/mol. The highest BCUT2D eigenvalue weighted by Gasteiger charge is 2.65. The summed E-state index contributed by atoms with van der Waals surface area (Å²) in [7, 11) is 0. The molecule has 128 valence electrons. The smallest absolute Gasteiger partial charge is 0.325 e. The first kappa shape index (κ1) is 15.5. The molecule has 1 saturated heterocycles. The fourth-order valence-corrected chi connectivity index (χ4v) is 3.78. The molecule has 1 unspecified atom stereocenters. The molecule has 0 radical (unpaired) electrons. The Kier molecular flexibility index (Phi) is 3.38. The Labute approximate surface area is 137 Å². The fraction of sp³-hybridized carbons (Fsp3) is 0.529. The number of imide groups is 1. The quantitative estimate of drug-likeness (QED) is 0.809. The van der Waals surface area contributed by atoms with Crippen molar-refractivity contribution in [2.24, 2.45) is 11.8 Å². The number of halogens is 2. The van der Waals surface area contributed by atoms with Gasteiger partial charge in [0.25, 0.3) is 5.91 Å². The molecule has 2 saturated carbocycles. The maximum absolute atomic E-state index is 13.8.